The molecule has 6 heteroatoms. The van der Waals surface area contributed by atoms with E-state index in [2.05, 4.69) is 0 Å². The number of hydrogen-bond acceptors (Lipinski definition) is 4. The zero-order valence-corrected chi connectivity index (χ0v) is 11.5. The second-order valence-electron chi connectivity index (χ2n) is 4.76. The Labute approximate surface area is 113 Å². The molecule has 0 bridgehead atoms. The van der Waals surface area contributed by atoms with Gasteiger partial charge in [-0.2, -0.15) is 0 Å². The van der Waals surface area contributed by atoms with Crippen LogP contribution in [0.5, 0.6) is 0 Å². The summed E-state index contributed by atoms with van der Waals surface area (Å²) in [5.74, 6) is -0.555. The lowest BCUT2D eigenvalue weighted by Crippen LogP contribution is -2.44. The van der Waals surface area contributed by atoms with Crippen molar-refractivity contribution in [1.29, 1.82) is 0 Å². The molecule has 0 spiro atoms. The lowest BCUT2D eigenvalue weighted by Gasteiger charge is -2.22. The minimum atomic E-state index is -3.48. The molecule has 1 aromatic carbocycles. The topological polar surface area (TPSA) is 80.5 Å². The van der Waals surface area contributed by atoms with Gasteiger partial charge in [-0.15, -0.1) is 0 Å². The van der Waals surface area contributed by atoms with Crippen molar-refractivity contribution < 1.29 is 13.2 Å². The van der Waals surface area contributed by atoms with Crippen LogP contribution in [0.1, 0.15) is 19.3 Å². The zero-order chi connectivity index (χ0) is 13.9. The average molecular weight is 282 g/mol. The first-order valence-electron chi connectivity index (χ1n) is 6.33. The van der Waals surface area contributed by atoms with E-state index in [1.807, 2.05) is 0 Å². The summed E-state index contributed by atoms with van der Waals surface area (Å²) in [7, 11) is -3.48. The maximum absolute atomic E-state index is 12.2. The first kappa shape index (κ1) is 14.0. The number of carbonyl (C=O) groups excluding carboxylic acids is 1. The number of nitrogens with zero attached hydrogens (tertiary/aromatic N) is 1. The second kappa shape index (κ2) is 5.71. The van der Waals surface area contributed by atoms with Gasteiger partial charge in [0.25, 0.3) is 0 Å². The Morgan fingerprint density at radius 3 is 2.58 bits per heavy atom. The molecule has 19 heavy (non-hydrogen) atoms. The minimum absolute atomic E-state index is 0.237. The predicted molar refractivity (Wildman–Crippen MR) is 72.0 cm³/mol. The maximum atomic E-state index is 12.2. The third kappa shape index (κ3) is 3.33. The van der Waals surface area contributed by atoms with Gasteiger partial charge in [-0.3, -0.25) is 4.79 Å². The largest absolute Gasteiger partial charge is 0.327 e. The number of sulfone groups is 1. The molecule has 0 radical (unpaired) electrons. The van der Waals surface area contributed by atoms with Crippen LogP contribution in [-0.2, 0) is 14.6 Å². The fraction of sp³-hybridized carbons (Fsp3) is 0.462. The number of nitrogens with two attached hydrogens (primary N) is 1. The van der Waals surface area contributed by atoms with Gasteiger partial charge in [-0.05, 0) is 31.4 Å². The monoisotopic (exact) mass is 282 g/mol. The van der Waals surface area contributed by atoms with Crippen molar-refractivity contribution in [2.24, 2.45) is 5.73 Å². The van der Waals surface area contributed by atoms with Gasteiger partial charge in [0.05, 0.1) is 10.9 Å². The SMILES string of the molecule is NC1CCCCN(CS(=O)(=O)c2ccccc2)C1=O. The molecule has 1 aliphatic heterocycles. The third-order valence-corrected chi connectivity index (χ3v) is 4.89. The second-order valence-corrected chi connectivity index (χ2v) is 6.72. The van der Waals surface area contributed by atoms with E-state index in [9.17, 15) is 13.2 Å². The Morgan fingerprint density at radius 2 is 1.89 bits per heavy atom. The summed E-state index contributed by atoms with van der Waals surface area (Å²) in [5, 5.41) is 0. The molecule has 1 aromatic rings. The Balaban J connectivity index is 2.18. The quantitative estimate of drug-likeness (QED) is 0.887. The van der Waals surface area contributed by atoms with Crippen LogP contribution in [0.2, 0.25) is 0 Å². The van der Waals surface area contributed by atoms with Gasteiger partial charge in [0.15, 0.2) is 9.84 Å². The Bertz CT molecular complexity index is 542. The summed E-state index contributed by atoms with van der Waals surface area (Å²) in [4.78, 5) is 13.6. The third-order valence-electron chi connectivity index (χ3n) is 3.25. The highest BCUT2D eigenvalue weighted by atomic mass is 32.2. The summed E-state index contributed by atoms with van der Waals surface area (Å²) in [6.07, 6.45) is 2.28. The van der Waals surface area contributed by atoms with Crippen LogP contribution in [0.25, 0.3) is 0 Å². The molecule has 1 saturated heterocycles. The van der Waals surface area contributed by atoms with Gasteiger partial charge in [0, 0.05) is 6.54 Å². The molecule has 1 unspecified atom stereocenters. The maximum Gasteiger partial charge on any atom is 0.240 e. The van der Waals surface area contributed by atoms with E-state index in [-0.39, 0.29) is 16.7 Å². The van der Waals surface area contributed by atoms with E-state index in [1.54, 1.807) is 18.2 Å². The van der Waals surface area contributed by atoms with Crippen molar-refractivity contribution in [3.63, 3.8) is 0 Å². The summed E-state index contributed by atoms with van der Waals surface area (Å²) < 4.78 is 24.5. The van der Waals surface area contributed by atoms with Crippen LogP contribution in [0.15, 0.2) is 35.2 Å². The normalized spacial score (nSPS) is 21.2. The molecule has 0 aromatic heterocycles. The molecule has 2 rings (SSSR count). The van der Waals surface area contributed by atoms with E-state index >= 15 is 0 Å². The number of hydrogen-bond donors (Lipinski definition) is 1. The van der Waals surface area contributed by atoms with Crippen LogP contribution >= 0.6 is 0 Å². The summed E-state index contributed by atoms with van der Waals surface area (Å²) >= 11 is 0. The van der Waals surface area contributed by atoms with Gasteiger partial charge in [0.1, 0.15) is 5.88 Å². The molecule has 1 heterocycles. The predicted octanol–water partition coefficient (Wildman–Crippen LogP) is 0.758. The van der Waals surface area contributed by atoms with Crippen molar-refractivity contribution in [3.05, 3.63) is 30.3 Å². The number of benzene rings is 1. The van der Waals surface area contributed by atoms with E-state index in [0.717, 1.165) is 12.8 Å². The minimum Gasteiger partial charge on any atom is -0.327 e. The van der Waals surface area contributed by atoms with Gasteiger partial charge in [-0.25, -0.2) is 8.42 Å². The lowest BCUT2D eigenvalue weighted by molar-refractivity contribution is -0.131. The van der Waals surface area contributed by atoms with Crippen molar-refractivity contribution in [1.82, 2.24) is 4.90 Å². The van der Waals surface area contributed by atoms with Crippen LogP contribution in [0, 0.1) is 0 Å². The highest BCUT2D eigenvalue weighted by molar-refractivity contribution is 7.91. The highest BCUT2D eigenvalue weighted by Gasteiger charge is 2.28. The average Bonchev–Trinajstić information content (AvgIpc) is 2.55. The fourth-order valence-corrected chi connectivity index (χ4v) is 3.56. The highest BCUT2D eigenvalue weighted by Crippen LogP contribution is 2.16. The van der Waals surface area contributed by atoms with Crippen molar-refractivity contribution in [3.8, 4) is 0 Å². The number of amides is 1. The number of rotatable bonds is 3. The number of carbonyl (C=O) groups is 1. The smallest absolute Gasteiger partial charge is 0.240 e. The van der Waals surface area contributed by atoms with Crippen LogP contribution in [0.4, 0.5) is 0 Å². The van der Waals surface area contributed by atoms with Crippen LogP contribution < -0.4 is 5.73 Å². The molecule has 5 nitrogen and oxygen atoms in total. The van der Waals surface area contributed by atoms with E-state index in [4.69, 9.17) is 5.73 Å². The molecule has 1 aliphatic rings. The molecular formula is C13H18N2O3S. The molecule has 0 aliphatic carbocycles. The molecule has 104 valence electrons. The molecule has 1 atom stereocenters. The molecular weight excluding hydrogens is 264 g/mol. The molecule has 1 fully saturated rings. The van der Waals surface area contributed by atoms with Gasteiger partial charge in [-0.1, -0.05) is 18.2 Å². The molecule has 0 saturated carbocycles. The summed E-state index contributed by atoms with van der Waals surface area (Å²) in [5.41, 5.74) is 5.74. The van der Waals surface area contributed by atoms with Crippen molar-refractivity contribution in [2.45, 2.75) is 30.2 Å². The standard InChI is InChI=1S/C13H18N2O3S/c14-12-8-4-5-9-15(13(12)16)10-19(17,18)11-6-2-1-3-7-11/h1-3,6-7,12H,4-5,8-10,14H2. The van der Waals surface area contributed by atoms with E-state index < -0.39 is 15.9 Å². The van der Waals surface area contributed by atoms with E-state index in [0.29, 0.717) is 13.0 Å². The van der Waals surface area contributed by atoms with Gasteiger partial charge < -0.3 is 10.6 Å². The Morgan fingerprint density at radius 1 is 1.21 bits per heavy atom. The van der Waals surface area contributed by atoms with Crippen molar-refractivity contribution >= 4 is 15.7 Å². The lowest BCUT2D eigenvalue weighted by atomic mass is 10.1. The molecule has 2 N–H and O–H groups in total. The van der Waals surface area contributed by atoms with Crippen molar-refractivity contribution in [2.75, 3.05) is 12.4 Å². The molecule has 1 amide bonds. The van der Waals surface area contributed by atoms with E-state index in [1.165, 1.54) is 17.0 Å². The van der Waals surface area contributed by atoms with Crippen LogP contribution in [0.3, 0.4) is 0 Å². The first-order chi connectivity index (χ1) is 9.00. The first-order valence-corrected chi connectivity index (χ1v) is 7.98. The fourth-order valence-electron chi connectivity index (χ4n) is 2.17. The van der Waals surface area contributed by atoms with Gasteiger partial charge >= 0.3 is 0 Å². The Kier molecular flexibility index (Phi) is 4.21. The zero-order valence-electron chi connectivity index (χ0n) is 10.7. The summed E-state index contributed by atoms with van der Waals surface area (Å²) in [6, 6.07) is 7.60. The number of likely N-dealkylation sites (tertiary alicyclic amines) is 1. The Hall–Kier alpha value is -1.40. The van der Waals surface area contributed by atoms with Gasteiger partial charge in [0.2, 0.25) is 5.91 Å². The summed E-state index contributed by atoms with van der Waals surface area (Å²) in [6.45, 7) is 0.457. The van der Waals surface area contributed by atoms with Crippen LogP contribution in [-0.4, -0.2) is 37.7 Å².